The van der Waals surface area contributed by atoms with Crippen LogP contribution >= 0.6 is 0 Å². The summed E-state index contributed by atoms with van der Waals surface area (Å²) >= 11 is 0. The molecule has 1 aromatic heterocycles. The third kappa shape index (κ3) is 1.63. The molecular weight excluding hydrogens is 200 g/mol. The van der Waals surface area contributed by atoms with Crippen LogP contribution in [0.1, 0.15) is 18.4 Å². The van der Waals surface area contributed by atoms with Crippen LogP contribution in [0.15, 0.2) is 12.3 Å². The van der Waals surface area contributed by atoms with E-state index in [1.807, 2.05) is 6.20 Å². The van der Waals surface area contributed by atoms with Gasteiger partial charge in [0.1, 0.15) is 0 Å². The van der Waals surface area contributed by atoms with Crippen molar-refractivity contribution in [3.63, 3.8) is 0 Å². The third-order valence-corrected chi connectivity index (χ3v) is 3.55. The van der Waals surface area contributed by atoms with Crippen molar-refractivity contribution in [2.45, 2.75) is 25.3 Å². The number of anilines is 2. The van der Waals surface area contributed by atoms with Crippen LogP contribution in [0.3, 0.4) is 0 Å². The molecule has 0 bridgehead atoms. The minimum atomic E-state index is 0.376. The van der Waals surface area contributed by atoms with Gasteiger partial charge in [0, 0.05) is 31.9 Å². The van der Waals surface area contributed by atoms with Crippen molar-refractivity contribution in [2.75, 3.05) is 29.9 Å². The molecule has 0 aromatic carbocycles. The monoisotopic (exact) mass is 218 g/mol. The Labute approximate surface area is 95.8 Å². The van der Waals surface area contributed by atoms with Gasteiger partial charge in [0.15, 0.2) is 5.82 Å². The molecule has 2 aliphatic rings. The smallest absolute Gasteiger partial charge is 0.152 e. The first kappa shape index (κ1) is 9.90. The summed E-state index contributed by atoms with van der Waals surface area (Å²) in [5.41, 5.74) is 8.58. The van der Waals surface area contributed by atoms with Crippen LogP contribution < -0.4 is 16.0 Å². The van der Waals surface area contributed by atoms with Crippen LogP contribution in [-0.2, 0) is 6.42 Å². The predicted molar refractivity (Wildman–Crippen MR) is 65.9 cm³/mol. The zero-order valence-corrected chi connectivity index (χ0v) is 9.45. The molecule has 0 unspecified atom stereocenters. The number of fused-ring (bicyclic) bond motifs is 1. The first-order valence-electron chi connectivity index (χ1n) is 6.07. The molecule has 4 nitrogen and oxygen atoms in total. The maximum absolute atomic E-state index is 5.93. The van der Waals surface area contributed by atoms with E-state index in [0.717, 1.165) is 44.7 Å². The fraction of sp³-hybridized carbons (Fsp3) is 0.583. The van der Waals surface area contributed by atoms with Gasteiger partial charge in [-0.2, -0.15) is 0 Å². The minimum Gasteiger partial charge on any atom is -0.381 e. The standard InChI is InChI=1S/C12H18N4/c13-10-3-7-16(8-4-10)12-11-9(1-5-14-11)2-6-15-12/h2,6,10,14H,1,3-5,7-8,13H2. The highest BCUT2D eigenvalue weighted by Gasteiger charge is 2.22. The van der Waals surface area contributed by atoms with Crippen LogP contribution in [0.4, 0.5) is 11.5 Å². The van der Waals surface area contributed by atoms with Gasteiger partial charge in [-0.3, -0.25) is 0 Å². The number of nitrogens with two attached hydrogens (primary N) is 1. The fourth-order valence-corrected chi connectivity index (χ4v) is 2.56. The van der Waals surface area contributed by atoms with Crippen LogP contribution in [0.2, 0.25) is 0 Å². The quantitative estimate of drug-likeness (QED) is 0.737. The molecule has 3 heterocycles. The van der Waals surface area contributed by atoms with Crippen molar-refractivity contribution in [3.8, 4) is 0 Å². The molecule has 0 radical (unpaired) electrons. The molecule has 4 heteroatoms. The normalized spacial score (nSPS) is 20.7. The van der Waals surface area contributed by atoms with Crippen molar-refractivity contribution in [1.82, 2.24) is 4.98 Å². The van der Waals surface area contributed by atoms with Crippen molar-refractivity contribution in [1.29, 1.82) is 0 Å². The van der Waals surface area contributed by atoms with Crippen molar-refractivity contribution < 1.29 is 0 Å². The first-order chi connectivity index (χ1) is 7.84. The molecule has 3 rings (SSSR count). The van der Waals surface area contributed by atoms with E-state index in [4.69, 9.17) is 5.73 Å². The number of rotatable bonds is 1. The zero-order chi connectivity index (χ0) is 11.0. The number of pyridine rings is 1. The van der Waals surface area contributed by atoms with E-state index in [2.05, 4.69) is 21.3 Å². The molecule has 0 saturated carbocycles. The molecule has 3 N–H and O–H groups in total. The average molecular weight is 218 g/mol. The van der Waals surface area contributed by atoms with Crippen LogP contribution in [0.5, 0.6) is 0 Å². The van der Waals surface area contributed by atoms with Gasteiger partial charge in [-0.25, -0.2) is 4.98 Å². The molecule has 2 aliphatic heterocycles. The van der Waals surface area contributed by atoms with Gasteiger partial charge in [0.05, 0.1) is 5.69 Å². The van der Waals surface area contributed by atoms with Gasteiger partial charge >= 0.3 is 0 Å². The Kier molecular flexibility index (Phi) is 2.44. The summed E-state index contributed by atoms with van der Waals surface area (Å²) in [6, 6.07) is 2.50. The fourth-order valence-electron chi connectivity index (χ4n) is 2.56. The lowest BCUT2D eigenvalue weighted by molar-refractivity contribution is 0.499. The molecule has 0 spiro atoms. The first-order valence-corrected chi connectivity index (χ1v) is 6.07. The lowest BCUT2D eigenvalue weighted by Gasteiger charge is -2.32. The molecule has 1 aromatic rings. The van der Waals surface area contributed by atoms with Gasteiger partial charge < -0.3 is 16.0 Å². The van der Waals surface area contributed by atoms with Crippen LogP contribution in [-0.4, -0.2) is 30.7 Å². The Bertz CT molecular complexity index is 383. The summed E-state index contributed by atoms with van der Waals surface area (Å²) in [6.07, 6.45) is 5.20. The van der Waals surface area contributed by atoms with Gasteiger partial charge in [-0.1, -0.05) is 0 Å². The molecule has 1 saturated heterocycles. The maximum atomic E-state index is 5.93. The molecule has 0 aliphatic carbocycles. The number of hydrogen-bond acceptors (Lipinski definition) is 4. The lowest BCUT2D eigenvalue weighted by atomic mass is 10.1. The zero-order valence-electron chi connectivity index (χ0n) is 9.45. The van der Waals surface area contributed by atoms with E-state index in [-0.39, 0.29) is 0 Å². The summed E-state index contributed by atoms with van der Waals surface area (Å²) in [6.45, 7) is 3.11. The molecule has 0 amide bonds. The van der Waals surface area contributed by atoms with E-state index < -0.39 is 0 Å². The van der Waals surface area contributed by atoms with E-state index in [9.17, 15) is 0 Å². The minimum absolute atomic E-state index is 0.376. The Morgan fingerprint density at radius 3 is 3.00 bits per heavy atom. The number of hydrogen-bond donors (Lipinski definition) is 2. The van der Waals surface area contributed by atoms with Crippen molar-refractivity contribution in [2.24, 2.45) is 5.73 Å². The van der Waals surface area contributed by atoms with Gasteiger partial charge in [0.2, 0.25) is 0 Å². The predicted octanol–water partition coefficient (Wildman–Crippen LogP) is 0.977. The highest BCUT2D eigenvalue weighted by molar-refractivity contribution is 5.72. The van der Waals surface area contributed by atoms with Gasteiger partial charge in [0.25, 0.3) is 0 Å². The van der Waals surface area contributed by atoms with Crippen molar-refractivity contribution >= 4 is 11.5 Å². The average Bonchev–Trinajstić information content (AvgIpc) is 2.78. The highest BCUT2D eigenvalue weighted by atomic mass is 15.2. The Hall–Kier alpha value is -1.29. The topological polar surface area (TPSA) is 54.2 Å². The maximum Gasteiger partial charge on any atom is 0.152 e. The molecule has 86 valence electrons. The van der Waals surface area contributed by atoms with E-state index >= 15 is 0 Å². The second kappa shape index (κ2) is 3.94. The van der Waals surface area contributed by atoms with E-state index in [1.165, 1.54) is 11.3 Å². The lowest BCUT2D eigenvalue weighted by Crippen LogP contribution is -2.40. The van der Waals surface area contributed by atoms with Crippen molar-refractivity contribution in [3.05, 3.63) is 17.8 Å². The Morgan fingerprint density at radius 1 is 1.38 bits per heavy atom. The summed E-state index contributed by atoms with van der Waals surface area (Å²) in [7, 11) is 0. The molecular formula is C12H18N4. The SMILES string of the molecule is NC1CCN(c2nccc3c2NCC3)CC1. The second-order valence-corrected chi connectivity index (χ2v) is 4.67. The third-order valence-electron chi connectivity index (χ3n) is 3.55. The van der Waals surface area contributed by atoms with Crippen LogP contribution in [0.25, 0.3) is 0 Å². The Balaban J connectivity index is 1.87. The highest BCUT2D eigenvalue weighted by Crippen LogP contribution is 2.32. The summed E-state index contributed by atoms with van der Waals surface area (Å²) < 4.78 is 0. The second-order valence-electron chi connectivity index (χ2n) is 4.67. The number of aromatic nitrogens is 1. The number of nitrogens with one attached hydrogen (secondary N) is 1. The van der Waals surface area contributed by atoms with Gasteiger partial charge in [-0.15, -0.1) is 0 Å². The summed E-state index contributed by atoms with van der Waals surface area (Å²) in [4.78, 5) is 6.88. The summed E-state index contributed by atoms with van der Waals surface area (Å²) in [5.74, 6) is 1.13. The molecule has 1 fully saturated rings. The number of nitrogens with zero attached hydrogens (tertiary/aromatic N) is 2. The van der Waals surface area contributed by atoms with E-state index in [1.54, 1.807) is 0 Å². The van der Waals surface area contributed by atoms with Gasteiger partial charge in [-0.05, 0) is 30.9 Å². The molecule has 0 atom stereocenters. The largest absolute Gasteiger partial charge is 0.381 e. The number of piperidine rings is 1. The summed E-state index contributed by atoms with van der Waals surface area (Å²) in [5, 5.41) is 3.44. The van der Waals surface area contributed by atoms with Crippen LogP contribution in [0, 0.1) is 0 Å². The Morgan fingerprint density at radius 2 is 2.19 bits per heavy atom. The molecule has 16 heavy (non-hydrogen) atoms. The van der Waals surface area contributed by atoms with E-state index in [0.29, 0.717) is 6.04 Å².